The number of benzene rings is 2. The van der Waals surface area contributed by atoms with Gasteiger partial charge in [0, 0.05) is 13.5 Å². The van der Waals surface area contributed by atoms with Gasteiger partial charge in [0.25, 0.3) is 0 Å². The minimum atomic E-state index is 0.0296. The summed E-state index contributed by atoms with van der Waals surface area (Å²) in [6.45, 7) is 6.64. The third kappa shape index (κ3) is 3.96. The van der Waals surface area contributed by atoms with Crippen LogP contribution in [0.5, 0.6) is 0 Å². The molecule has 0 saturated carbocycles. The number of methoxy groups -OCH3 is 1. The Labute approximate surface area is 133 Å². The Morgan fingerprint density at radius 2 is 1.59 bits per heavy atom. The maximum atomic E-state index is 8.85. The SMILES string of the molecule is COC(Cc1ccc(C#N)cc1)c1ccc(C(C)(C)C)cc1. The molecule has 0 amide bonds. The van der Waals surface area contributed by atoms with Crippen LogP contribution in [0.1, 0.15) is 49.1 Å². The van der Waals surface area contributed by atoms with E-state index in [4.69, 9.17) is 10.00 Å². The van der Waals surface area contributed by atoms with Crippen LogP contribution in [-0.4, -0.2) is 7.11 Å². The molecule has 1 unspecified atom stereocenters. The first-order valence-corrected chi connectivity index (χ1v) is 7.56. The molecule has 0 aromatic heterocycles. The van der Waals surface area contributed by atoms with E-state index in [0.717, 1.165) is 6.42 Å². The Morgan fingerprint density at radius 3 is 2.05 bits per heavy atom. The number of hydrogen-bond acceptors (Lipinski definition) is 2. The van der Waals surface area contributed by atoms with E-state index in [9.17, 15) is 0 Å². The van der Waals surface area contributed by atoms with Gasteiger partial charge in [-0.15, -0.1) is 0 Å². The van der Waals surface area contributed by atoms with Crippen LogP contribution in [0.2, 0.25) is 0 Å². The highest BCUT2D eigenvalue weighted by molar-refractivity contribution is 5.33. The molecule has 0 aliphatic rings. The summed E-state index contributed by atoms with van der Waals surface area (Å²) < 4.78 is 5.66. The topological polar surface area (TPSA) is 33.0 Å². The van der Waals surface area contributed by atoms with Crippen LogP contribution < -0.4 is 0 Å². The van der Waals surface area contributed by atoms with E-state index in [0.29, 0.717) is 5.56 Å². The maximum Gasteiger partial charge on any atom is 0.0991 e. The number of ether oxygens (including phenoxy) is 1. The average Bonchev–Trinajstić information content (AvgIpc) is 2.52. The lowest BCUT2D eigenvalue weighted by Crippen LogP contribution is -2.12. The van der Waals surface area contributed by atoms with Crippen molar-refractivity contribution >= 4 is 0 Å². The number of nitriles is 1. The van der Waals surface area contributed by atoms with Crippen LogP contribution in [0.4, 0.5) is 0 Å². The molecule has 0 fully saturated rings. The highest BCUT2D eigenvalue weighted by Gasteiger charge is 2.16. The standard InChI is InChI=1S/C20H23NO/c1-20(2,3)18-11-9-17(10-12-18)19(22-4)13-15-5-7-16(14-21)8-6-15/h5-12,19H,13H2,1-4H3. The lowest BCUT2D eigenvalue weighted by Gasteiger charge is -2.21. The molecule has 0 N–H and O–H groups in total. The molecule has 22 heavy (non-hydrogen) atoms. The Morgan fingerprint density at radius 1 is 1.00 bits per heavy atom. The first-order chi connectivity index (χ1) is 10.4. The molecule has 1 atom stereocenters. The quantitative estimate of drug-likeness (QED) is 0.812. The third-order valence-corrected chi connectivity index (χ3v) is 3.94. The Bertz CT molecular complexity index is 642. The van der Waals surface area contributed by atoms with Gasteiger partial charge in [0.15, 0.2) is 0 Å². The average molecular weight is 293 g/mol. The van der Waals surface area contributed by atoms with Crippen molar-refractivity contribution in [1.82, 2.24) is 0 Å². The Kier molecular flexibility index (Phi) is 5.00. The second-order valence-corrected chi connectivity index (χ2v) is 6.61. The minimum absolute atomic E-state index is 0.0296. The van der Waals surface area contributed by atoms with Crippen LogP contribution in [0.15, 0.2) is 48.5 Å². The molecule has 2 heteroatoms. The highest BCUT2D eigenvalue weighted by Crippen LogP contribution is 2.26. The van der Waals surface area contributed by atoms with E-state index in [1.807, 2.05) is 24.3 Å². The molecule has 0 spiro atoms. The first kappa shape index (κ1) is 16.3. The molecule has 2 nitrogen and oxygen atoms in total. The van der Waals surface area contributed by atoms with Crippen molar-refractivity contribution in [3.63, 3.8) is 0 Å². The molecule has 0 saturated heterocycles. The summed E-state index contributed by atoms with van der Waals surface area (Å²) in [5.41, 5.74) is 4.52. The lowest BCUT2D eigenvalue weighted by atomic mass is 9.86. The van der Waals surface area contributed by atoms with E-state index in [2.05, 4.69) is 51.1 Å². The van der Waals surface area contributed by atoms with Gasteiger partial charge in [-0.2, -0.15) is 5.26 Å². The van der Waals surface area contributed by atoms with Gasteiger partial charge in [-0.1, -0.05) is 57.2 Å². The van der Waals surface area contributed by atoms with Crippen molar-refractivity contribution in [3.8, 4) is 6.07 Å². The fourth-order valence-electron chi connectivity index (χ4n) is 2.46. The van der Waals surface area contributed by atoms with Gasteiger partial charge in [0.1, 0.15) is 0 Å². The first-order valence-electron chi connectivity index (χ1n) is 7.56. The summed E-state index contributed by atoms with van der Waals surface area (Å²) >= 11 is 0. The Hall–Kier alpha value is -2.11. The summed E-state index contributed by atoms with van der Waals surface area (Å²) in [7, 11) is 1.74. The minimum Gasteiger partial charge on any atom is -0.376 e. The van der Waals surface area contributed by atoms with Crippen LogP contribution in [-0.2, 0) is 16.6 Å². The molecule has 2 aromatic carbocycles. The number of nitrogens with zero attached hydrogens (tertiary/aromatic N) is 1. The van der Waals surface area contributed by atoms with Gasteiger partial charge in [0.05, 0.1) is 17.7 Å². The molecule has 0 bridgehead atoms. The normalized spacial score (nSPS) is 12.7. The van der Waals surface area contributed by atoms with Crippen LogP contribution in [0.25, 0.3) is 0 Å². The number of hydrogen-bond donors (Lipinski definition) is 0. The molecule has 0 aliphatic heterocycles. The molecule has 2 aromatic rings. The van der Waals surface area contributed by atoms with E-state index in [-0.39, 0.29) is 11.5 Å². The molecular formula is C20H23NO. The van der Waals surface area contributed by atoms with Crippen molar-refractivity contribution in [2.24, 2.45) is 0 Å². The zero-order valence-corrected chi connectivity index (χ0v) is 13.8. The Balaban J connectivity index is 2.15. The highest BCUT2D eigenvalue weighted by atomic mass is 16.5. The van der Waals surface area contributed by atoms with Gasteiger partial charge in [-0.3, -0.25) is 0 Å². The third-order valence-electron chi connectivity index (χ3n) is 3.94. The van der Waals surface area contributed by atoms with Gasteiger partial charge in [-0.05, 0) is 34.2 Å². The lowest BCUT2D eigenvalue weighted by molar-refractivity contribution is 0.104. The summed E-state index contributed by atoms with van der Waals surface area (Å²) in [5.74, 6) is 0. The second-order valence-electron chi connectivity index (χ2n) is 6.61. The van der Waals surface area contributed by atoms with Gasteiger partial charge in [0.2, 0.25) is 0 Å². The van der Waals surface area contributed by atoms with Crippen molar-refractivity contribution in [1.29, 1.82) is 5.26 Å². The van der Waals surface area contributed by atoms with Crippen LogP contribution >= 0.6 is 0 Å². The van der Waals surface area contributed by atoms with E-state index in [1.165, 1.54) is 16.7 Å². The van der Waals surface area contributed by atoms with Gasteiger partial charge >= 0.3 is 0 Å². The largest absolute Gasteiger partial charge is 0.376 e. The zero-order chi connectivity index (χ0) is 16.2. The number of rotatable bonds is 4. The fourth-order valence-corrected chi connectivity index (χ4v) is 2.46. The van der Waals surface area contributed by atoms with E-state index in [1.54, 1.807) is 7.11 Å². The summed E-state index contributed by atoms with van der Waals surface area (Å²) in [5, 5.41) is 8.85. The molecule has 2 rings (SSSR count). The summed E-state index contributed by atoms with van der Waals surface area (Å²) in [6, 6.07) is 18.5. The fraction of sp³-hybridized carbons (Fsp3) is 0.350. The van der Waals surface area contributed by atoms with Crippen LogP contribution in [0.3, 0.4) is 0 Å². The van der Waals surface area contributed by atoms with Crippen molar-refractivity contribution in [3.05, 3.63) is 70.8 Å². The van der Waals surface area contributed by atoms with Crippen molar-refractivity contribution in [2.45, 2.75) is 38.7 Å². The predicted molar refractivity (Wildman–Crippen MR) is 89.8 cm³/mol. The monoisotopic (exact) mass is 293 g/mol. The maximum absolute atomic E-state index is 8.85. The molecule has 0 aliphatic carbocycles. The smallest absolute Gasteiger partial charge is 0.0991 e. The van der Waals surface area contributed by atoms with Crippen molar-refractivity contribution in [2.75, 3.05) is 7.11 Å². The van der Waals surface area contributed by atoms with E-state index >= 15 is 0 Å². The summed E-state index contributed by atoms with van der Waals surface area (Å²) in [6.07, 6.45) is 0.832. The zero-order valence-electron chi connectivity index (χ0n) is 13.8. The van der Waals surface area contributed by atoms with Gasteiger partial charge < -0.3 is 4.74 Å². The molecular weight excluding hydrogens is 270 g/mol. The van der Waals surface area contributed by atoms with E-state index < -0.39 is 0 Å². The summed E-state index contributed by atoms with van der Waals surface area (Å²) in [4.78, 5) is 0. The predicted octanol–water partition coefficient (Wildman–Crippen LogP) is 4.79. The molecule has 0 radical (unpaired) electrons. The van der Waals surface area contributed by atoms with Crippen molar-refractivity contribution < 1.29 is 4.74 Å². The second kappa shape index (κ2) is 6.77. The molecule has 114 valence electrons. The van der Waals surface area contributed by atoms with Crippen LogP contribution in [0, 0.1) is 11.3 Å². The van der Waals surface area contributed by atoms with Gasteiger partial charge in [-0.25, -0.2) is 0 Å². The molecule has 0 heterocycles.